The summed E-state index contributed by atoms with van der Waals surface area (Å²) in [5.74, 6) is -0.581. The number of amides is 2. The zero-order chi connectivity index (χ0) is 20.1. The molecule has 1 fully saturated rings. The normalized spacial score (nSPS) is 14.8. The Bertz CT molecular complexity index is 856. The van der Waals surface area contributed by atoms with Crippen molar-refractivity contribution in [2.45, 2.75) is 18.9 Å². The molecule has 1 aliphatic rings. The second-order valence-electron chi connectivity index (χ2n) is 6.91. The van der Waals surface area contributed by atoms with Crippen LogP contribution >= 0.6 is 11.3 Å². The molecule has 0 spiro atoms. The Labute approximate surface area is 169 Å². The van der Waals surface area contributed by atoms with Crippen LogP contribution in [0.25, 0.3) is 0 Å². The number of thiazole rings is 1. The molecule has 8 heteroatoms. The monoisotopic (exact) mass is 399 g/mol. The van der Waals surface area contributed by atoms with Gasteiger partial charge >= 0.3 is 0 Å². The molecule has 2 amide bonds. The topological polar surface area (TPSA) is 77.6 Å². The van der Waals surface area contributed by atoms with Gasteiger partial charge in [0.15, 0.2) is 5.13 Å². The maximum atomic E-state index is 12.5. The number of hydrogen-bond donors (Lipinski definition) is 2. The van der Waals surface area contributed by atoms with E-state index < -0.39 is 0 Å². The predicted molar refractivity (Wildman–Crippen MR) is 114 cm³/mol. The van der Waals surface area contributed by atoms with E-state index in [0.29, 0.717) is 22.4 Å². The molecule has 0 unspecified atom stereocenters. The Hall–Kier alpha value is -2.71. The van der Waals surface area contributed by atoms with E-state index in [9.17, 15) is 9.59 Å². The molecular formula is C20H25N5O2S. The Balaban J connectivity index is 1.61. The molecule has 0 saturated carbocycles. The number of carbonyl (C=O) groups is 2. The third-order valence-corrected chi connectivity index (χ3v) is 5.77. The second-order valence-corrected chi connectivity index (χ2v) is 7.92. The van der Waals surface area contributed by atoms with Crippen molar-refractivity contribution in [1.82, 2.24) is 9.88 Å². The molecule has 0 aliphatic carbocycles. The Kier molecular flexibility index (Phi) is 6.43. The average Bonchev–Trinajstić information content (AvgIpc) is 3.16. The van der Waals surface area contributed by atoms with E-state index in [1.54, 1.807) is 24.3 Å². The summed E-state index contributed by atoms with van der Waals surface area (Å²) in [5.41, 5.74) is 0.992. The van der Waals surface area contributed by atoms with Crippen LogP contribution in [0.5, 0.6) is 0 Å². The van der Waals surface area contributed by atoms with Crippen molar-refractivity contribution in [3.05, 3.63) is 48.7 Å². The van der Waals surface area contributed by atoms with Crippen molar-refractivity contribution in [3.63, 3.8) is 0 Å². The first-order valence-corrected chi connectivity index (χ1v) is 10.00. The first kappa shape index (κ1) is 20.0. The molecule has 0 atom stereocenters. The molecule has 1 aromatic heterocycles. The summed E-state index contributed by atoms with van der Waals surface area (Å²) in [6, 6.07) is 7.38. The smallest absolute Gasteiger partial charge is 0.257 e. The van der Waals surface area contributed by atoms with Crippen LogP contribution in [0.1, 0.15) is 23.2 Å². The standard InChI is InChI=1S/C20H25N5O2S/c1-4-17(26)22-15-7-5-6-14(12-15)19(27)23-20-21-13-18(28-20)25-10-8-16(9-11-25)24(2)3/h4-7,12-13,16H,1,8-11H2,2-3H3,(H,22,26)(H,21,23,27). The van der Waals surface area contributed by atoms with Gasteiger partial charge < -0.3 is 15.1 Å². The lowest BCUT2D eigenvalue weighted by atomic mass is 10.0. The van der Waals surface area contributed by atoms with Crippen LogP contribution in [0, 0.1) is 0 Å². The first-order chi connectivity index (χ1) is 13.5. The van der Waals surface area contributed by atoms with Gasteiger partial charge in [0, 0.05) is 30.4 Å². The molecule has 28 heavy (non-hydrogen) atoms. The molecular weight excluding hydrogens is 374 g/mol. The van der Waals surface area contributed by atoms with Crippen LogP contribution in [0.2, 0.25) is 0 Å². The number of anilines is 3. The number of nitrogens with zero attached hydrogens (tertiary/aromatic N) is 3. The van der Waals surface area contributed by atoms with E-state index >= 15 is 0 Å². The minimum absolute atomic E-state index is 0.262. The molecule has 2 heterocycles. The molecule has 148 valence electrons. The van der Waals surface area contributed by atoms with Gasteiger partial charge in [-0.1, -0.05) is 24.0 Å². The van der Waals surface area contributed by atoms with Crippen molar-refractivity contribution >= 4 is 39.0 Å². The van der Waals surface area contributed by atoms with E-state index in [1.165, 1.54) is 17.4 Å². The van der Waals surface area contributed by atoms with Gasteiger partial charge in [0.05, 0.1) is 6.20 Å². The number of rotatable bonds is 6. The highest BCUT2D eigenvalue weighted by Gasteiger charge is 2.22. The van der Waals surface area contributed by atoms with Gasteiger partial charge in [-0.2, -0.15) is 0 Å². The number of piperidine rings is 1. The SMILES string of the molecule is C=CC(=O)Nc1cccc(C(=O)Nc2ncc(N3CCC(N(C)C)CC3)s2)c1. The van der Waals surface area contributed by atoms with Crippen LogP contribution < -0.4 is 15.5 Å². The summed E-state index contributed by atoms with van der Waals surface area (Å²) in [5, 5.41) is 7.12. The summed E-state index contributed by atoms with van der Waals surface area (Å²) in [4.78, 5) is 32.9. The van der Waals surface area contributed by atoms with Crippen molar-refractivity contribution in [3.8, 4) is 0 Å². The highest BCUT2D eigenvalue weighted by atomic mass is 32.1. The number of benzene rings is 1. The van der Waals surface area contributed by atoms with E-state index in [1.807, 2.05) is 6.20 Å². The Morgan fingerprint density at radius 2 is 2.04 bits per heavy atom. The van der Waals surface area contributed by atoms with Gasteiger partial charge in [0.2, 0.25) is 5.91 Å². The molecule has 1 saturated heterocycles. The summed E-state index contributed by atoms with van der Waals surface area (Å²) >= 11 is 1.48. The molecule has 2 aromatic rings. The molecule has 0 radical (unpaired) electrons. The minimum atomic E-state index is -0.319. The summed E-state index contributed by atoms with van der Waals surface area (Å²) in [6.07, 6.45) is 5.24. The zero-order valence-electron chi connectivity index (χ0n) is 16.1. The third-order valence-electron chi connectivity index (χ3n) is 4.80. The first-order valence-electron chi connectivity index (χ1n) is 9.18. The molecule has 0 bridgehead atoms. The zero-order valence-corrected chi connectivity index (χ0v) is 17.0. The Morgan fingerprint density at radius 1 is 1.29 bits per heavy atom. The maximum absolute atomic E-state index is 12.5. The van der Waals surface area contributed by atoms with Crippen molar-refractivity contribution in [1.29, 1.82) is 0 Å². The van der Waals surface area contributed by atoms with Gasteiger partial charge in [-0.25, -0.2) is 4.98 Å². The van der Waals surface area contributed by atoms with Gasteiger partial charge in [-0.05, 0) is 51.2 Å². The van der Waals surface area contributed by atoms with E-state index in [4.69, 9.17) is 0 Å². The second kappa shape index (κ2) is 8.99. The van der Waals surface area contributed by atoms with E-state index in [0.717, 1.165) is 30.9 Å². The molecule has 1 aromatic carbocycles. The predicted octanol–water partition coefficient (Wildman–Crippen LogP) is 3.05. The average molecular weight is 400 g/mol. The lowest BCUT2D eigenvalue weighted by Gasteiger charge is -2.35. The largest absolute Gasteiger partial charge is 0.362 e. The van der Waals surface area contributed by atoms with Crippen LogP contribution in [-0.4, -0.2) is 54.9 Å². The van der Waals surface area contributed by atoms with E-state index in [-0.39, 0.29) is 11.8 Å². The van der Waals surface area contributed by atoms with Crippen molar-refractivity contribution in [2.24, 2.45) is 0 Å². The summed E-state index contributed by atoms with van der Waals surface area (Å²) < 4.78 is 0. The van der Waals surface area contributed by atoms with Crippen LogP contribution in [0.3, 0.4) is 0 Å². The molecule has 3 rings (SSSR count). The van der Waals surface area contributed by atoms with Gasteiger partial charge in [0.25, 0.3) is 5.91 Å². The maximum Gasteiger partial charge on any atom is 0.257 e. The third kappa shape index (κ3) is 4.96. The Morgan fingerprint density at radius 3 is 2.71 bits per heavy atom. The molecule has 7 nitrogen and oxygen atoms in total. The van der Waals surface area contributed by atoms with Crippen LogP contribution in [0.15, 0.2) is 43.1 Å². The highest BCUT2D eigenvalue weighted by molar-refractivity contribution is 7.19. The lowest BCUT2D eigenvalue weighted by Crippen LogP contribution is -2.41. The van der Waals surface area contributed by atoms with Crippen LogP contribution in [-0.2, 0) is 4.79 Å². The number of carbonyl (C=O) groups excluding carboxylic acids is 2. The quantitative estimate of drug-likeness (QED) is 0.730. The number of nitrogens with one attached hydrogen (secondary N) is 2. The van der Waals surface area contributed by atoms with Crippen molar-refractivity contribution < 1.29 is 9.59 Å². The van der Waals surface area contributed by atoms with Gasteiger partial charge in [-0.15, -0.1) is 0 Å². The lowest BCUT2D eigenvalue weighted by molar-refractivity contribution is -0.111. The molecule has 2 N–H and O–H groups in total. The van der Waals surface area contributed by atoms with E-state index in [2.05, 4.69) is 46.1 Å². The number of aromatic nitrogens is 1. The fraction of sp³-hybridized carbons (Fsp3) is 0.350. The summed E-state index contributed by atoms with van der Waals surface area (Å²) in [6.45, 7) is 5.40. The van der Waals surface area contributed by atoms with Gasteiger partial charge in [0.1, 0.15) is 5.00 Å². The fourth-order valence-electron chi connectivity index (χ4n) is 3.17. The van der Waals surface area contributed by atoms with Gasteiger partial charge in [-0.3, -0.25) is 14.9 Å². The highest BCUT2D eigenvalue weighted by Crippen LogP contribution is 2.30. The minimum Gasteiger partial charge on any atom is -0.362 e. The molecule has 1 aliphatic heterocycles. The van der Waals surface area contributed by atoms with Crippen LogP contribution in [0.4, 0.5) is 15.8 Å². The fourth-order valence-corrected chi connectivity index (χ4v) is 4.04. The summed E-state index contributed by atoms with van der Waals surface area (Å²) in [7, 11) is 4.25. The number of hydrogen-bond acceptors (Lipinski definition) is 6. The van der Waals surface area contributed by atoms with Crippen molar-refractivity contribution in [2.75, 3.05) is 42.7 Å².